The SMILES string of the molecule is COCC1CC2(CCN(C(=O)c3ncn(C)n3)CC2)CN1C. The Morgan fingerprint density at radius 2 is 2.14 bits per heavy atom. The molecule has 3 heterocycles. The Hall–Kier alpha value is -1.47. The number of amides is 1. The first-order valence-electron chi connectivity index (χ1n) is 7.87. The molecule has 1 unspecified atom stereocenters. The minimum absolute atomic E-state index is 0.0461. The number of ether oxygens (including phenoxy) is 1. The highest BCUT2D eigenvalue weighted by atomic mass is 16.5. The molecule has 7 nitrogen and oxygen atoms in total. The predicted molar refractivity (Wildman–Crippen MR) is 81.5 cm³/mol. The van der Waals surface area contributed by atoms with Crippen molar-refractivity contribution in [2.45, 2.75) is 25.3 Å². The fourth-order valence-corrected chi connectivity index (χ4v) is 3.88. The lowest BCUT2D eigenvalue weighted by atomic mass is 9.76. The summed E-state index contributed by atoms with van der Waals surface area (Å²) in [5.41, 5.74) is 0.340. The Morgan fingerprint density at radius 3 is 2.73 bits per heavy atom. The summed E-state index contributed by atoms with van der Waals surface area (Å²) in [5, 5.41) is 4.11. The van der Waals surface area contributed by atoms with Crippen LogP contribution in [-0.4, -0.2) is 76.9 Å². The minimum Gasteiger partial charge on any atom is -0.383 e. The first-order chi connectivity index (χ1) is 10.5. The van der Waals surface area contributed by atoms with Gasteiger partial charge in [0.05, 0.1) is 6.61 Å². The molecule has 2 aliphatic heterocycles. The predicted octanol–water partition coefficient (Wildman–Crippen LogP) is 0.388. The molecule has 2 saturated heterocycles. The second kappa shape index (κ2) is 5.96. The van der Waals surface area contributed by atoms with Gasteiger partial charge in [0.15, 0.2) is 0 Å². The lowest BCUT2D eigenvalue weighted by Gasteiger charge is -2.38. The number of nitrogens with zero attached hydrogens (tertiary/aromatic N) is 5. The maximum absolute atomic E-state index is 12.4. The van der Waals surface area contributed by atoms with Crippen LogP contribution in [0.1, 0.15) is 29.9 Å². The molecule has 0 radical (unpaired) electrons. The normalized spacial score (nSPS) is 25.0. The molecule has 2 aliphatic rings. The first kappa shape index (κ1) is 15.4. The number of carbonyl (C=O) groups excluding carboxylic acids is 1. The molecule has 22 heavy (non-hydrogen) atoms. The Labute approximate surface area is 131 Å². The zero-order valence-electron chi connectivity index (χ0n) is 13.7. The van der Waals surface area contributed by atoms with E-state index in [0.29, 0.717) is 17.3 Å². The van der Waals surface area contributed by atoms with Crippen molar-refractivity contribution in [3.05, 3.63) is 12.2 Å². The fraction of sp³-hybridized carbons (Fsp3) is 0.800. The monoisotopic (exact) mass is 307 g/mol. The molecule has 0 bridgehead atoms. The zero-order chi connectivity index (χ0) is 15.7. The van der Waals surface area contributed by atoms with Gasteiger partial charge in [-0.05, 0) is 31.7 Å². The molecule has 3 rings (SSSR count). The van der Waals surface area contributed by atoms with Crippen LogP contribution in [0.3, 0.4) is 0 Å². The van der Waals surface area contributed by atoms with Gasteiger partial charge in [-0.15, -0.1) is 5.10 Å². The third-order valence-electron chi connectivity index (χ3n) is 5.14. The van der Waals surface area contributed by atoms with E-state index >= 15 is 0 Å². The lowest BCUT2D eigenvalue weighted by molar-refractivity contribution is 0.0580. The number of carbonyl (C=O) groups is 1. The second-order valence-corrected chi connectivity index (χ2v) is 6.76. The van der Waals surface area contributed by atoms with E-state index in [0.717, 1.165) is 39.1 Å². The quantitative estimate of drug-likeness (QED) is 0.808. The van der Waals surface area contributed by atoms with Crippen molar-refractivity contribution < 1.29 is 9.53 Å². The van der Waals surface area contributed by atoms with Gasteiger partial charge < -0.3 is 14.5 Å². The van der Waals surface area contributed by atoms with Crippen molar-refractivity contribution >= 4 is 5.91 Å². The molecule has 1 aromatic heterocycles. The Kier molecular flexibility index (Phi) is 4.18. The van der Waals surface area contributed by atoms with Crippen molar-refractivity contribution in [3.63, 3.8) is 0 Å². The van der Waals surface area contributed by atoms with Crippen molar-refractivity contribution in [2.24, 2.45) is 12.5 Å². The Morgan fingerprint density at radius 1 is 1.41 bits per heavy atom. The average molecular weight is 307 g/mol. The largest absolute Gasteiger partial charge is 0.383 e. The van der Waals surface area contributed by atoms with Crippen LogP contribution in [-0.2, 0) is 11.8 Å². The number of piperidine rings is 1. The van der Waals surface area contributed by atoms with Crippen molar-refractivity contribution in [1.82, 2.24) is 24.6 Å². The Balaban J connectivity index is 1.60. The molecule has 0 saturated carbocycles. The maximum atomic E-state index is 12.4. The minimum atomic E-state index is -0.0461. The number of hydrogen-bond donors (Lipinski definition) is 0. The summed E-state index contributed by atoms with van der Waals surface area (Å²) in [4.78, 5) is 20.8. The number of methoxy groups -OCH3 is 1. The van der Waals surface area contributed by atoms with Gasteiger partial charge in [-0.1, -0.05) is 0 Å². The van der Waals surface area contributed by atoms with Gasteiger partial charge in [0.1, 0.15) is 6.33 Å². The number of aryl methyl sites for hydroxylation is 1. The molecular formula is C15H25N5O2. The van der Waals surface area contributed by atoms with E-state index in [1.165, 1.54) is 6.42 Å². The highest BCUT2D eigenvalue weighted by Gasteiger charge is 2.44. The molecule has 1 aromatic rings. The summed E-state index contributed by atoms with van der Waals surface area (Å²) < 4.78 is 6.89. The molecule has 2 fully saturated rings. The number of likely N-dealkylation sites (tertiary alicyclic amines) is 2. The zero-order valence-corrected chi connectivity index (χ0v) is 13.7. The molecule has 0 aliphatic carbocycles. The van der Waals surface area contributed by atoms with Gasteiger partial charge in [0.2, 0.25) is 5.82 Å². The summed E-state index contributed by atoms with van der Waals surface area (Å²) in [6.45, 7) is 3.49. The van der Waals surface area contributed by atoms with Crippen LogP contribution in [0.4, 0.5) is 0 Å². The van der Waals surface area contributed by atoms with E-state index < -0.39 is 0 Å². The van der Waals surface area contributed by atoms with E-state index in [1.54, 1.807) is 25.2 Å². The van der Waals surface area contributed by atoms with E-state index in [4.69, 9.17) is 4.74 Å². The van der Waals surface area contributed by atoms with Crippen LogP contribution < -0.4 is 0 Å². The molecule has 0 N–H and O–H groups in total. The molecule has 7 heteroatoms. The standard InChI is InChI=1S/C15H25N5O2/c1-18-10-15(8-12(18)9-22-3)4-6-20(7-5-15)14(21)13-16-11-19(2)17-13/h11-12H,4-10H2,1-3H3. The van der Waals surface area contributed by atoms with Gasteiger partial charge in [0.25, 0.3) is 5.91 Å². The van der Waals surface area contributed by atoms with E-state index in [9.17, 15) is 4.79 Å². The van der Waals surface area contributed by atoms with Gasteiger partial charge >= 0.3 is 0 Å². The van der Waals surface area contributed by atoms with E-state index in [-0.39, 0.29) is 5.91 Å². The van der Waals surface area contributed by atoms with Crippen LogP contribution in [0.5, 0.6) is 0 Å². The lowest BCUT2D eigenvalue weighted by Crippen LogP contribution is -2.44. The van der Waals surface area contributed by atoms with Gasteiger partial charge in [-0.2, -0.15) is 0 Å². The first-order valence-corrected chi connectivity index (χ1v) is 7.87. The van der Waals surface area contributed by atoms with Crippen LogP contribution in [0.2, 0.25) is 0 Å². The Bertz CT molecular complexity index is 536. The molecule has 122 valence electrons. The third kappa shape index (κ3) is 2.87. The average Bonchev–Trinajstić information content (AvgIpc) is 3.05. The summed E-state index contributed by atoms with van der Waals surface area (Å²) in [5.74, 6) is 0.259. The fourth-order valence-electron chi connectivity index (χ4n) is 3.88. The number of rotatable bonds is 3. The second-order valence-electron chi connectivity index (χ2n) is 6.76. The van der Waals surface area contributed by atoms with Crippen molar-refractivity contribution in [2.75, 3.05) is 40.4 Å². The van der Waals surface area contributed by atoms with Gasteiger partial charge in [0, 0.05) is 39.8 Å². The number of hydrogen-bond acceptors (Lipinski definition) is 5. The van der Waals surface area contributed by atoms with Crippen molar-refractivity contribution in [1.29, 1.82) is 0 Å². The summed E-state index contributed by atoms with van der Waals surface area (Å²) >= 11 is 0. The molecule has 1 atom stereocenters. The highest BCUT2D eigenvalue weighted by Crippen LogP contribution is 2.42. The van der Waals surface area contributed by atoms with Crippen LogP contribution in [0, 0.1) is 5.41 Å². The van der Waals surface area contributed by atoms with Crippen LogP contribution >= 0.6 is 0 Å². The van der Waals surface area contributed by atoms with Gasteiger partial charge in [-0.3, -0.25) is 9.48 Å². The highest BCUT2D eigenvalue weighted by molar-refractivity contribution is 5.90. The van der Waals surface area contributed by atoms with E-state index in [1.807, 2.05) is 4.90 Å². The molecule has 1 amide bonds. The summed E-state index contributed by atoms with van der Waals surface area (Å²) in [6, 6.07) is 0.504. The van der Waals surface area contributed by atoms with Crippen molar-refractivity contribution in [3.8, 4) is 0 Å². The van der Waals surface area contributed by atoms with E-state index in [2.05, 4.69) is 22.0 Å². The van der Waals surface area contributed by atoms with Gasteiger partial charge in [-0.25, -0.2) is 4.98 Å². The van der Waals surface area contributed by atoms with Crippen LogP contribution in [0.25, 0.3) is 0 Å². The number of aromatic nitrogens is 3. The smallest absolute Gasteiger partial charge is 0.293 e. The molecule has 0 aromatic carbocycles. The topological polar surface area (TPSA) is 63.5 Å². The third-order valence-corrected chi connectivity index (χ3v) is 5.14. The van der Waals surface area contributed by atoms with Crippen LogP contribution in [0.15, 0.2) is 6.33 Å². The molecule has 1 spiro atoms. The number of likely N-dealkylation sites (N-methyl/N-ethyl adjacent to an activating group) is 1. The molecular weight excluding hydrogens is 282 g/mol. The summed E-state index contributed by atoms with van der Waals surface area (Å²) in [6.07, 6.45) is 4.84. The maximum Gasteiger partial charge on any atom is 0.293 e. The summed E-state index contributed by atoms with van der Waals surface area (Å²) in [7, 11) is 5.72.